The Morgan fingerprint density at radius 2 is 2.00 bits per heavy atom. The maximum absolute atomic E-state index is 13.1. The Kier molecular flexibility index (Phi) is 2.76. The molecule has 0 radical (unpaired) electrons. The first kappa shape index (κ1) is 10.6. The van der Waals surface area contributed by atoms with Crippen LogP contribution < -0.4 is 0 Å². The minimum atomic E-state index is -0.654. The van der Waals surface area contributed by atoms with Gasteiger partial charge in [-0.2, -0.15) is 0 Å². The van der Waals surface area contributed by atoms with Crippen molar-refractivity contribution in [2.24, 2.45) is 0 Å². The minimum absolute atomic E-state index is 0.192. The highest BCUT2D eigenvalue weighted by Crippen LogP contribution is 2.35. The molecule has 2 nitrogen and oxygen atoms in total. The summed E-state index contributed by atoms with van der Waals surface area (Å²) in [7, 11) is 0. The van der Waals surface area contributed by atoms with E-state index in [2.05, 4.69) is 0 Å². The summed E-state index contributed by atoms with van der Waals surface area (Å²) in [6, 6.07) is 4.99. The molecule has 0 atom stereocenters. The van der Waals surface area contributed by atoms with Gasteiger partial charge in [-0.1, -0.05) is 13.0 Å². The third kappa shape index (κ3) is 1.77. The first-order valence-corrected chi connectivity index (χ1v) is 5.22. The standard InChI is InChI=1S/C12H15FO2/c1-3-12(14-6-7-15-12)10-4-5-11(13)9(2)8-10/h4-5,8H,3,6-7H2,1-2H3. The largest absolute Gasteiger partial charge is 0.343 e. The molecule has 0 bridgehead atoms. The van der Waals surface area contributed by atoms with Crippen molar-refractivity contribution in [3.8, 4) is 0 Å². The van der Waals surface area contributed by atoms with Crippen LogP contribution in [-0.2, 0) is 15.3 Å². The molecule has 1 aromatic carbocycles. The molecule has 15 heavy (non-hydrogen) atoms. The summed E-state index contributed by atoms with van der Waals surface area (Å²) in [5.74, 6) is -0.846. The number of benzene rings is 1. The Hall–Kier alpha value is -0.930. The molecule has 0 saturated carbocycles. The number of ether oxygens (including phenoxy) is 2. The van der Waals surface area contributed by atoms with E-state index in [9.17, 15) is 4.39 Å². The summed E-state index contributed by atoms with van der Waals surface area (Å²) >= 11 is 0. The van der Waals surface area contributed by atoms with Crippen LogP contribution in [0.4, 0.5) is 4.39 Å². The molecule has 82 valence electrons. The molecule has 1 heterocycles. The number of aryl methyl sites for hydroxylation is 1. The second-order valence-electron chi connectivity index (χ2n) is 3.77. The summed E-state index contributed by atoms with van der Waals surface area (Å²) in [6.45, 7) is 4.95. The summed E-state index contributed by atoms with van der Waals surface area (Å²) in [4.78, 5) is 0. The van der Waals surface area contributed by atoms with Crippen LogP contribution in [0.5, 0.6) is 0 Å². The van der Waals surface area contributed by atoms with E-state index in [-0.39, 0.29) is 5.82 Å². The molecule has 1 fully saturated rings. The van der Waals surface area contributed by atoms with E-state index in [1.807, 2.05) is 6.92 Å². The lowest BCUT2D eigenvalue weighted by molar-refractivity contribution is -0.167. The molecule has 0 aliphatic carbocycles. The highest BCUT2D eigenvalue weighted by Gasteiger charge is 2.36. The Morgan fingerprint density at radius 3 is 2.53 bits per heavy atom. The maximum atomic E-state index is 13.1. The zero-order valence-corrected chi connectivity index (χ0v) is 9.05. The predicted molar refractivity (Wildman–Crippen MR) is 55.0 cm³/mol. The van der Waals surface area contributed by atoms with Crippen molar-refractivity contribution >= 4 is 0 Å². The fraction of sp³-hybridized carbons (Fsp3) is 0.500. The van der Waals surface area contributed by atoms with Gasteiger partial charge in [-0.15, -0.1) is 0 Å². The van der Waals surface area contributed by atoms with Crippen molar-refractivity contribution < 1.29 is 13.9 Å². The molecule has 3 heteroatoms. The van der Waals surface area contributed by atoms with Gasteiger partial charge in [0.1, 0.15) is 5.82 Å². The van der Waals surface area contributed by atoms with Gasteiger partial charge in [-0.25, -0.2) is 4.39 Å². The van der Waals surface area contributed by atoms with Crippen LogP contribution in [0.3, 0.4) is 0 Å². The monoisotopic (exact) mass is 210 g/mol. The highest BCUT2D eigenvalue weighted by atomic mass is 19.1. The van der Waals surface area contributed by atoms with Gasteiger partial charge in [0.25, 0.3) is 0 Å². The van der Waals surface area contributed by atoms with Crippen LogP contribution in [0.1, 0.15) is 24.5 Å². The highest BCUT2D eigenvalue weighted by molar-refractivity contribution is 5.27. The lowest BCUT2D eigenvalue weighted by Gasteiger charge is -2.26. The van der Waals surface area contributed by atoms with Crippen molar-refractivity contribution in [3.05, 3.63) is 35.1 Å². The first-order chi connectivity index (χ1) is 7.18. The van der Waals surface area contributed by atoms with Crippen molar-refractivity contribution in [2.45, 2.75) is 26.1 Å². The zero-order valence-electron chi connectivity index (χ0n) is 9.05. The van der Waals surface area contributed by atoms with Crippen LogP contribution in [0, 0.1) is 12.7 Å². The lowest BCUT2D eigenvalue weighted by Crippen LogP contribution is -2.26. The van der Waals surface area contributed by atoms with Crippen molar-refractivity contribution in [1.29, 1.82) is 0 Å². The molecule has 1 aliphatic rings. The molecule has 0 N–H and O–H groups in total. The average Bonchev–Trinajstić information content (AvgIpc) is 2.72. The number of rotatable bonds is 2. The second-order valence-corrected chi connectivity index (χ2v) is 3.77. The Balaban J connectivity index is 2.38. The molecule has 0 amide bonds. The van der Waals surface area contributed by atoms with Gasteiger partial charge in [0, 0.05) is 12.0 Å². The van der Waals surface area contributed by atoms with Crippen molar-refractivity contribution in [1.82, 2.24) is 0 Å². The molecule has 2 rings (SSSR count). The van der Waals surface area contributed by atoms with Gasteiger partial charge < -0.3 is 9.47 Å². The van der Waals surface area contributed by atoms with Crippen LogP contribution in [-0.4, -0.2) is 13.2 Å². The fourth-order valence-corrected chi connectivity index (χ4v) is 1.91. The van der Waals surface area contributed by atoms with Crippen LogP contribution in [0.2, 0.25) is 0 Å². The third-order valence-electron chi connectivity index (χ3n) is 2.82. The molecule has 1 saturated heterocycles. The van der Waals surface area contributed by atoms with Crippen LogP contribution in [0.25, 0.3) is 0 Å². The van der Waals surface area contributed by atoms with E-state index in [4.69, 9.17) is 9.47 Å². The van der Waals surface area contributed by atoms with Crippen molar-refractivity contribution in [2.75, 3.05) is 13.2 Å². The van der Waals surface area contributed by atoms with E-state index in [0.29, 0.717) is 18.8 Å². The summed E-state index contributed by atoms with van der Waals surface area (Å²) in [5, 5.41) is 0. The number of hydrogen-bond donors (Lipinski definition) is 0. The average molecular weight is 210 g/mol. The van der Waals surface area contributed by atoms with E-state index < -0.39 is 5.79 Å². The van der Waals surface area contributed by atoms with Gasteiger partial charge in [0.2, 0.25) is 0 Å². The van der Waals surface area contributed by atoms with E-state index in [0.717, 1.165) is 12.0 Å². The molecule has 0 unspecified atom stereocenters. The van der Waals surface area contributed by atoms with Crippen LogP contribution >= 0.6 is 0 Å². The quantitative estimate of drug-likeness (QED) is 0.747. The second kappa shape index (κ2) is 3.91. The smallest absolute Gasteiger partial charge is 0.194 e. The van der Waals surface area contributed by atoms with Gasteiger partial charge in [0.05, 0.1) is 13.2 Å². The Bertz CT molecular complexity index is 357. The third-order valence-corrected chi connectivity index (χ3v) is 2.82. The molecular weight excluding hydrogens is 195 g/mol. The molecule has 0 spiro atoms. The van der Waals surface area contributed by atoms with Crippen molar-refractivity contribution in [3.63, 3.8) is 0 Å². The van der Waals surface area contributed by atoms with E-state index in [1.165, 1.54) is 6.07 Å². The Morgan fingerprint density at radius 1 is 1.33 bits per heavy atom. The lowest BCUT2D eigenvalue weighted by atomic mass is 10.0. The SMILES string of the molecule is CCC1(c2ccc(F)c(C)c2)OCCO1. The molecule has 1 aliphatic heterocycles. The van der Waals surface area contributed by atoms with Gasteiger partial charge in [0.15, 0.2) is 5.79 Å². The zero-order chi connectivity index (χ0) is 10.9. The van der Waals surface area contributed by atoms with E-state index in [1.54, 1.807) is 19.1 Å². The molecule has 0 aromatic heterocycles. The normalized spacial score (nSPS) is 19.4. The number of halogens is 1. The maximum Gasteiger partial charge on any atom is 0.194 e. The number of hydrogen-bond acceptors (Lipinski definition) is 2. The van der Waals surface area contributed by atoms with Gasteiger partial charge in [-0.3, -0.25) is 0 Å². The summed E-state index contributed by atoms with van der Waals surface area (Å²) in [6.07, 6.45) is 0.734. The first-order valence-electron chi connectivity index (χ1n) is 5.22. The topological polar surface area (TPSA) is 18.5 Å². The molecule has 1 aromatic rings. The Labute approximate surface area is 89.0 Å². The van der Waals surface area contributed by atoms with Gasteiger partial charge in [-0.05, 0) is 24.6 Å². The minimum Gasteiger partial charge on any atom is -0.343 e. The van der Waals surface area contributed by atoms with Gasteiger partial charge >= 0.3 is 0 Å². The summed E-state index contributed by atoms with van der Waals surface area (Å²) in [5.41, 5.74) is 1.53. The van der Waals surface area contributed by atoms with E-state index >= 15 is 0 Å². The van der Waals surface area contributed by atoms with Crippen LogP contribution in [0.15, 0.2) is 18.2 Å². The molecular formula is C12H15FO2. The fourth-order valence-electron chi connectivity index (χ4n) is 1.91. The predicted octanol–water partition coefficient (Wildman–Crippen LogP) is 2.74. The summed E-state index contributed by atoms with van der Waals surface area (Å²) < 4.78 is 24.4.